The molecule has 186 valence electrons. The minimum atomic E-state index is -0.269. The lowest BCUT2D eigenvalue weighted by Gasteiger charge is -2.37. The van der Waals surface area contributed by atoms with Gasteiger partial charge in [-0.25, -0.2) is 0 Å². The van der Waals surface area contributed by atoms with Gasteiger partial charge < -0.3 is 9.47 Å². The maximum Gasteiger partial charge on any atom is 0.254 e. The van der Waals surface area contributed by atoms with Crippen LogP contribution in [-0.2, 0) is 16.2 Å². The molecule has 0 radical (unpaired) electrons. The molecule has 0 aromatic heterocycles. The van der Waals surface area contributed by atoms with Gasteiger partial charge in [0.25, 0.3) is 11.8 Å². The number of rotatable bonds is 7. The van der Waals surface area contributed by atoms with Crippen molar-refractivity contribution in [1.29, 1.82) is 0 Å². The van der Waals surface area contributed by atoms with E-state index in [1.807, 2.05) is 19.1 Å². The van der Waals surface area contributed by atoms with Crippen LogP contribution in [0.25, 0.3) is 0 Å². The van der Waals surface area contributed by atoms with Gasteiger partial charge in [-0.2, -0.15) is 10.1 Å². The maximum atomic E-state index is 13.2. The molecular weight excluding hydrogens is 567 g/mol. The van der Waals surface area contributed by atoms with Crippen molar-refractivity contribution in [2.75, 3.05) is 6.61 Å². The summed E-state index contributed by atoms with van der Waals surface area (Å²) in [5.74, 6) is 1.57. The Bertz CT molecular complexity index is 1290. The average molecular weight is 590 g/mol. The summed E-state index contributed by atoms with van der Waals surface area (Å²) < 4.78 is 12.5. The fourth-order valence-electron chi connectivity index (χ4n) is 6.03. The van der Waals surface area contributed by atoms with E-state index in [4.69, 9.17) is 32.7 Å². The largest absolute Gasteiger partial charge is 0.490 e. The first-order valence-corrected chi connectivity index (χ1v) is 13.6. The molecule has 2 bridgehead atoms. The van der Waals surface area contributed by atoms with Crippen molar-refractivity contribution < 1.29 is 19.1 Å². The summed E-state index contributed by atoms with van der Waals surface area (Å²) in [6.45, 7) is 2.53. The standard InChI is InChI=1S/C27H23BrCl2N2O4/c1-2-35-22-8-13(7-20(28)25(22)36-12-14-3-4-15(29)9-21(14)30)11-31-32-26(33)23-16-5-6-17(19-10-18(16)19)24(23)27(32)34/h3-9,11,16-19,23-24H,2,10,12H2,1H3/t16-,17-,18-,19+,23-,24+/m0/s1. The van der Waals surface area contributed by atoms with E-state index in [1.54, 1.807) is 18.2 Å². The third-order valence-electron chi connectivity index (χ3n) is 7.68. The van der Waals surface area contributed by atoms with Gasteiger partial charge in [0.05, 0.1) is 29.1 Å². The maximum absolute atomic E-state index is 13.2. The number of carbonyl (C=O) groups excluding carboxylic acids is 2. The Balaban J connectivity index is 1.22. The first kappa shape index (κ1) is 24.0. The van der Waals surface area contributed by atoms with Gasteiger partial charge in [-0.05, 0) is 82.8 Å². The van der Waals surface area contributed by atoms with Gasteiger partial charge in [0.15, 0.2) is 11.5 Å². The van der Waals surface area contributed by atoms with Crippen LogP contribution in [0.15, 0.2) is 52.1 Å². The number of allylic oxidation sites excluding steroid dienone is 2. The highest BCUT2D eigenvalue weighted by molar-refractivity contribution is 9.10. The lowest BCUT2D eigenvalue weighted by Crippen LogP contribution is -2.40. The van der Waals surface area contributed by atoms with E-state index in [0.717, 1.165) is 17.0 Å². The van der Waals surface area contributed by atoms with E-state index < -0.39 is 0 Å². The van der Waals surface area contributed by atoms with Crippen molar-refractivity contribution in [3.05, 3.63) is 68.1 Å². The lowest BCUT2D eigenvalue weighted by molar-refractivity contribution is -0.140. The van der Waals surface area contributed by atoms with Crippen LogP contribution in [-0.4, -0.2) is 29.6 Å². The van der Waals surface area contributed by atoms with Crippen LogP contribution in [0.2, 0.25) is 10.0 Å². The fraction of sp³-hybridized carbons (Fsp3) is 0.370. The third kappa shape index (κ3) is 3.96. The minimum absolute atomic E-state index is 0.172. The molecule has 36 heavy (non-hydrogen) atoms. The summed E-state index contributed by atoms with van der Waals surface area (Å²) in [6.07, 6.45) is 6.96. The van der Waals surface area contributed by atoms with E-state index >= 15 is 0 Å². The molecule has 5 aliphatic rings. The average Bonchev–Trinajstić information content (AvgIpc) is 3.63. The highest BCUT2D eigenvalue weighted by Gasteiger charge is 2.67. The van der Waals surface area contributed by atoms with Gasteiger partial charge in [0, 0.05) is 15.6 Å². The minimum Gasteiger partial charge on any atom is -0.490 e. The molecule has 2 amide bonds. The van der Waals surface area contributed by atoms with Crippen LogP contribution in [0.5, 0.6) is 11.5 Å². The van der Waals surface area contributed by atoms with Crippen molar-refractivity contribution in [3.8, 4) is 11.5 Å². The first-order chi connectivity index (χ1) is 17.4. The Hall–Kier alpha value is -2.35. The van der Waals surface area contributed by atoms with Crippen molar-refractivity contribution in [1.82, 2.24) is 5.01 Å². The predicted molar refractivity (Wildman–Crippen MR) is 140 cm³/mol. The number of benzene rings is 2. The fourth-order valence-corrected chi connectivity index (χ4v) is 7.07. The normalized spacial score (nSPS) is 29.6. The van der Waals surface area contributed by atoms with Crippen LogP contribution in [0.1, 0.15) is 24.5 Å². The van der Waals surface area contributed by atoms with Crippen molar-refractivity contribution >= 4 is 57.2 Å². The zero-order valence-electron chi connectivity index (χ0n) is 19.4. The zero-order valence-corrected chi connectivity index (χ0v) is 22.5. The molecule has 9 heteroatoms. The van der Waals surface area contributed by atoms with E-state index in [0.29, 0.717) is 50.0 Å². The molecule has 1 saturated heterocycles. The number of amides is 2. The van der Waals surface area contributed by atoms with Crippen LogP contribution >= 0.6 is 39.1 Å². The smallest absolute Gasteiger partial charge is 0.254 e. The van der Waals surface area contributed by atoms with Gasteiger partial charge in [0.2, 0.25) is 0 Å². The van der Waals surface area contributed by atoms with E-state index in [9.17, 15) is 9.59 Å². The molecule has 3 fully saturated rings. The first-order valence-electron chi connectivity index (χ1n) is 12.0. The molecule has 0 spiro atoms. The molecule has 0 N–H and O–H groups in total. The van der Waals surface area contributed by atoms with Crippen LogP contribution in [0.3, 0.4) is 0 Å². The summed E-state index contributed by atoms with van der Waals surface area (Å²) in [5.41, 5.74) is 1.45. The quantitative estimate of drug-likeness (QED) is 0.222. The van der Waals surface area contributed by atoms with Gasteiger partial charge in [-0.15, -0.1) is 0 Å². The SMILES string of the molecule is CCOc1cc(C=NN2C(=O)[C@@H]3[C@H]4C=C[C@@H]([C@@H]5C[C@H]45)[C@@H]3C2=O)cc(Br)c1OCc1ccc(Cl)cc1Cl. The number of carbonyl (C=O) groups is 2. The topological polar surface area (TPSA) is 68.2 Å². The van der Waals surface area contributed by atoms with Gasteiger partial charge in [-0.1, -0.05) is 41.4 Å². The van der Waals surface area contributed by atoms with Crippen LogP contribution in [0.4, 0.5) is 0 Å². The molecular formula is C27H23BrCl2N2O4. The molecule has 1 heterocycles. The van der Waals surface area contributed by atoms with Crippen LogP contribution < -0.4 is 9.47 Å². The van der Waals surface area contributed by atoms with Crippen molar-refractivity contribution in [3.63, 3.8) is 0 Å². The monoisotopic (exact) mass is 588 g/mol. The van der Waals surface area contributed by atoms with E-state index in [2.05, 4.69) is 33.2 Å². The molecule has 4 aliphatic carbocycles. The summed E-state index contributed by atoms with van der Waals surface area (Å²) in [6, 6.07) is 8.82. The van der Waals surface area contributed by atoms with Gasteiger partial charge in [-0.3, -0.25) is 9.59 Å². The second kappa shape index (κ2) is 9.19. The Morgan fingerprint density at radius 2 is 1.75 bits per heavy atom. The number of hydrazone groups is 1. The zero-order chi connectivity index (χ0) is 25.1. The van der Waals surface area contributed by atoms with Gasteiger partial charge in [0.1, 0.15) is 6.61 Å². The number of hydrogen-bond acceptors (Lipinski definition) is 5. The lowest BCUT2D eigenvalue weighted by atomic mass is 9.63. The molecule has 6 nitrogen and oxygen atoms in total. The molecule has 2 aromatic carbocycles. The third-order valence-corrected chi connectivity index (χ3v) is 8.86. The Morgan fingerprint density at radius 3 is 2.39 bits per heavy atom. The molecule has 7 rings (SSSR count). The second-order valence-corrected chi connectivity index (χ2v) is 11.4. The number of ether oxygens (including phenoxy) is 2. The summed E-state index contributed by atoms with van der Waals surface area (Å²) >= 11 is 15.8. The predicted octanol–water partition coefficient (Wildman–Crippen LogP) is 6.12. The Labute approximate surface area is 227 Å². The molecule has 1 aliphatic heterocycles. The Morgan fingerprint density at radius 1 is 1.06 bits per heavy atom. The molecule has 6 atom stereocenters. The van der Waals surface area contributed by atoms with Crippen molar-refractivity contribution in [2.24, 2.45) is 40.6 Å². The van der Waals surface area contributed by atoms with Crippen molar-refractivity contribution in [2.45, 2.75) is 20.0 Å². The molecule has 2 aromatic rings. The van der Waals surface area contributed by atoms with Gasteiger partial charge >= 0.3 is 0 Å². The highest BCUT2D eigenvalue weighted by atomic mass is 79.9. The highest BCUT2D eigenvalue weighted by Crippen LogP contribution is 2.65. The summed E-state index contributed by atoms with van der Waals surface area (Å²) in [5, 5.41) is 6.48. The summed E-state index contributed by atoms with van der Waals surface area (Å²) in [4.78, 5) is 26.3. The molecule has 0 unspecified atom stereocenters. The Kier molecular flexibility index (Phi) is 6.13. The number of imide groups is 1. The molecule has 2 saturated carbocycles. The number of halogens is 3. The van der Waals surface area contributed by atoms with Crippen LogP contribution in [0, 0.1) is 35.5 Å². The number of nitrogens with zero attached hydrogens (tertiary/aromatic N) is 2. The summed E-state index contributed by atoms with van der Waals surface area (Å²) in [7, 11) is 0. The second-order valence-electron chi connectivity index (χ2n) is 9.67. The van der Waals surface area contributed by atoms with E-state index in [-0.39, 0.29) is 42.1 Å². The van der Waals surface area contributed by atoms with E-state index in [1.165, 1.54) is 6.21 Å². The number of hydrogen-bond donors (Lipinski definition) is 0.